The zero-order valence-corrected chi connectivity index (χ0v) is 15.9. The Morgan fingerprint density at radius 1 is 1.08 bits per heavy atom. The lowest BCUT2D eigenvalue weighted by molar-refractivity contribution is 0.215. The van der Waals surface area contributed by atoms with Gasteiger partial charge in [-0.05, 0) is 28.7 Å². The first-order chi connectivity index (χ1) is 12.4. The fraction of sp³-hybridized carbons (Fsp3) is 0.409. The maximum absolute atomic E-state index is 12.2. The van der Waals surface area contributed by atoms with Gasteiger partial charge in [0.1, 0.15) is 5.75 Å². The van der Waals surface area contributed by atoms with Crippen LogP contribution in [0.3, 0.4) is 0 Å². The monoisotopic (exact) mass is 352 g/mol. The Kier molecular flexibility index (Phi) is 5.50. The first-order valence-electron chi connectivity index (χ1n) is 9.24. The Balaban J connectivity index is 1.48. The summed E-state index contributed by atoms with van der Waals surface area (Å²) in [6.07, 6.45) is 0.806. The van der Waals surface area contributed by atoms with Crippen molar-refractivity contribution in [3.05, 3.63) is 65.7 Å². The summed E-state index contributed by atoms with van der Waals surface area (Å²) in [5.41, 5.74) is 2.62. The van der Waals surface area contributed by atoms with Gasteiger partial charge in [0.2, 0.25) is 0 Å². The van der Waals surface area contributed by atoms with E-state index in [1.54, 1.807) is 0 Å². The quantitative estimate of drug-likeness (QED) is 0.840. The minimum absolute atomic E-state index is 0.00890. The fourth-order valence-corrected chi connectivity index (χ4v) is 3.13. The second kappa shape index (κ2) is 7.81. The van der Waals surface area contributed by atoms with E-state index in [9.17, 15) is 4.79 Å². The van der Waals surface area contributed by atoms with Gasteiger partial charge in [-0.25, -0.2) is 4.79 Å². The molecule has 2 aromatic carbocycles. The van der Waals surface area contributed by atoms with Gasteiger partial charge >= 0.3 is 6.03 Å². The molecule has 26 heavy (non-hydrogen) atoms. The first kappa shape index (κ1) is 18.3. The fourth-order valence-electron chi connectivity index (χ4n) is 3.13. The number of nitrogens with one attached hydrogen (secondary N) is 1. The van der Waals surface area contributed by atoms with Crippen LogP contribution >= 0.6 is 0 Å². The van der Waals surface area contributed by atoms with Crippen LogP contribution in [0.15, 0.2) is 54.6 Å². The molecular formula is C22H28N2O2. The molecule has 1 aliphatic rings. The highest BCUT2D eigenvalue weighted by atomic mass is 16.5. The van der Waals surface area contributed by atoms with Crippen LogP contribution in [-0.2, 0) is 12.0 Å². The number of benzene rings is 2. The summed E-state index contributed by atoms with van der Waals surface area (Å²) < 4.78 is 5.73. The SMILES string of the molecule is CC(C)(C)c1ccc(CN2CC(CCOc3ccccc3)NC2=O)cc1. The highest BCUT2D eigenvalue weighted by Crippen LogP contribution is 2.23. The number of nitrogens with zero attached hydrogens (tertiary/aromatic N) is 1. The number of urea groups is 1. The molecule has 2 amide bonds. The molecule has 1 aliphatic heterocycles. The largest absolute Gasteiger partial charge is 0.494 e. The lowest BCUT2D eigenvalue weighted by Crippen LogP contribution is -2.29. The number of carbonyl (C=O) groups is 1. The topological polar surface area (TPSA) is 41.6 Å². The van der Waals surface area contributed by atoms with Crippen molar-refractivity contribution >= 4 is 6.03 Å². The van der Waals surface area contributed by atoms with Crippen LogP contribution in [0.5, 0.6) is 5.75 Å². The van der Waals surface area contributed by atoms with Gasteiger partial charge in [0.15, 0.2) is 0 Å². The Labute approximate surface area is 156 Å². The number of carbonyl (C=O) groups excluding carboxylic acids is 1. The second-order valence-electron chi connectivity index (χ2n) is 7.92. The lowest BCUT2D eigenvalue weighted by Gasteiger charge is -2.20. The van der Waals surface area contributed by atoms with Gasteiger partial charge in [-0.2, -0.15) is 0 Å². The lowest BCUT2D eigenvalue weighted by atomic mass is 9.87. The van der Waals surface area contributed by atoms with Gasteiger partial charge < -0.3 is 15.0 Å². The molecule has 0 bridgehead atoms. The maximum atomic E-state index is 12.2. The molecule has 138 valence electrons. The molecule has 0 saturated carbocycles. The highest BCUT2D eigenvalue weighted by molar-refractivity contribution is 5.76. The molecule has 1 N–H and O–H groups in total. The minimum atomic E-state index is 0.00890. The van der Waals surface area contributed by atoms with Gasteiger partial charge in [-0.15, -0.1) is 0 Å². The summed E-state index contributed by atoms with van der Waals surface area (Å²) in [6.45, 7) is 8.58. The van der Waals surface area contributed by atoms with Crippen LogP contribution < -0.4 is 10.1 Å². The van der Waals surface area contributed by atoms with Crippen LogP contribution in [0.25, 0.3) is 0 Å². The van der Waals surface area contributed by atoms with Gasteiger partial charge in [0.25, 0.3) is 0 Å². The summed E-state index contributed by atoms with van der Waals surface area (Å²) >= 11 is 0. The average molecular weight is 352 g/mol. The Morgan fingerprint density at radius 2 is 1.77 bits per heavy atom. The molecule has 0 radical (unpaired) electrons. The third kappa shape index (κ3) is 4.78. The van der Waals surface area contributed by atoms with Crippen molar-refractivity contribution in [1.29, 1.82) is 0 Å². The molecule has 0 aromatic heterocycles. The van der Waals surface area contributed by atoms with Crippen molar-refractivity contribution in [3.8, 4) is 5.75 Å². The van der Waals surface area contributed by atoms with Gasteiger partial charge in [-0.3, -0.25) is 0 Å². The molecule has 4 heteroatoms. The van der Waals surface area contributed by atoms with E-state index in [4.69, 9.17) is 4.74 Å². The molecule has 0 spiro atoms. The summed E-state index contributed by atoms with van der Waals surface area (Å²) in [6, 6.07) is 18.5. The summed E-state index contributed by atoms with van der Waals surface area (Å²) in [7, 11) is 0. The first-order valence-corrected chi connectivity index (χ1v) is 9.24. The average Bonchev–Trinajstić information content (AvgIpc) is 2.95. The van der Waals surface area contributed by atoms with Crippen LogP contribution in [0.2, 0.25) is 0 Å². The molecule has 3 rings (SSSR count). The van der Waals surface area contributed by atoms with E-state index in [0.717, 1.165) is 24.3 Å². The molecule has 1 unspecified atom stereocenters. The number of ether oxygens (including phenoxy) is 1. The predicted molar refractivity (Wildman–Crippen MR) is 104 cm³/mol. The highest BCUT2D eigenvalue weighted by Gasteiger charge is 2.28. The van der Waals surface area contributed by atoms with Crippen molar-refractivity contribution in [2.45, 2.75) is 45.2 Å². The number of amides is 2. The maximum Gasteiger partial charge on any atom is 0.318 e. The van der Waals surface area contributed by atoms with E-state index in [0.29, 0.717) is 13.2 Å². The van der Waals surface area contributed by atoms with Crippen LogP contribution in [-0.4, -0.2) is 30.1 Å². The Hall–Kier alpha value is -2.49. The van der Waals surface area contributed by atoms with Gasteiger partial charge in [0.05, 0.1) is 12.6 Å². The summed E-state index contributed by atoms with van der Waals surface area (Å²) in [5.74, 6) is 0.868. The Bertz CT molecular complexity index is 720. The standard InChI is InChI=1S/C22H28N2O2/c1-22(2,3)18-11-9-17(10-12-18)15-24-16-19(23-21(24)25)13-14-26-20-7-5-4-6-8-20/h4-12,19H,13-16H2,1-3H3,(H,23,25). The molecule has 1 fully saturated rings. The molecule has 1 saturated heterocycles. The molecule has 4 nitrogen and oxygen atoms in total. The number of hydrogen-bond acceptors (Lipinski definition) is 2. The third-order valence-electron chi connectivity index (χ3n) is 4.73. The normalized spacial score (nSPS) is 17.3. The predicted octanol–water partition coefficient (Wildman–Crippen LogP) is 4.35. The number of para-hydroxylation sites is 1. The van der Waals surface area contributed by atoms with E-state index in [-0.39, 0.29) is 17.5 Å². The van der Waals surface area contributed by atoms with Crippen molar-refractivity contribution in [1.82, 2.24) is 10.2 Å². The number of rotatable bonds is 6. The van der Waals surface area contributed by atoms with Crippen molar-refractivity contribution in [2.24, 2.45) is 0 Å². The van der Waals surface area contributed by atoms with Crippen molar-refractivity contribution < 1.29 is 9.53 Å². The van der Waals surface area contributed by atoms with Gasteiger partial charge in [-0.1, -0.05) is 63.2 Å². The van der Waals surface area contributed by atoms with Crippen molar-refractivity contribution in [2.75, 3.05) is 13.2 Å². The smallest absolute Gasteiger partial charge is 0.318 e. The molecule has 1 atom stereocenters. The second-order valence-corrected chi connectivity index (χ2v) is 7.92. The minimum Gasteiger partial charge on any atom is -0.494 e. The van der Waals surface area contributed by atoms with Crippen LogP contribution in [0.1, 0.15) is 38.3 Å². The van der Waals surface area contributed by atoms with Crippen LogP contribution in [0.4, 0.5) is 4.79 Å². The van der Waals surface area contributed by atoms with E-state index in [1.807, 2.05) is 35.2 Å². The van der Waals surface area contributed by atoms with E-state index in [2.05, 4.69) is 50.4 Å². The zero-order chi connectivity index (χ0) is 18.6. The van der Waals surface area contributed by atoms with Crippen molar-refractivity contribution in [3.63, 3.8) is 0 Å². The summed E-state index contributed by atoms with van der Waals surface area (Å²) in [4.78, 5) is 14.1. The summed E-state index contributed by atoms with van der Waals surface area (Å²) in [5, 5.41) is 3.05. The van der Waals surface area contributed by atoms with Gasteiger partial charge in [0, 0.05) is 19.5 Å². The molecule has 1 heterocycles. The molecule has 2 aromatic rings. The number of hydrogen-bond donors (Lipinski definition) is 1. The Morgan fingerprint density at radius 3 is 2.42 bits per heavy atom. The zero-order valence-electron chi connectivity index (χ0n) is 15.9. The molecular weight excluding hydrogens is 324 g/mol. The third-order valence-corrected chi connectivity index (χ3v) is 4.73. The van der Waals surface area contributed by atoms with E-state index in [1.165, 1.54) is 5.56 Å². The van der Waals surface area contributed by atoms with E-state index < -0.39 is 0 Å². The van der Waals surface area contributed by atoms with Crippen LogP contribution in [0, 0.1) is 0 Å². The molecule has 0 aliphatic carbocycles. The van der Waals surface area contributed by atoms with E-state index >= 15 is 0 Å².